The number of rotatable bonds is 7. The molecule has 2 unspecified atom stereocenters. The Kier molecular flexibility index (Phi) is 7.08. The van der Waals surface area contributed by atoms with Crippen LogP contribution in [-0.2, 0) is 0 Å². The molecular formula is C14H23ClN2S. The molecule has 1 aromatic rings. The zero-order chi connectivity index (χ0) is 13.5. The fraction of sp³-hybridized carbons (Fsp3) is 0.571. The highest BCUT2D eigenvalue weighted by Crippen LogP contribution is 2.33. The summed E-state index contributed by atoms with van der Waals surface area (Å²) in [7, 11) is 4.18. The van der Waals surface area contributed by atoms with Crippen LogP contribution in [0.15, 0.2) is 24.3 Å². The van der Waals surface area contributed by atoms with Gasteiger partial charge < -0.3 is 10.6 Å². The van der Waals surface area contributed by atoms with E-state index in [1.165, 1.54) is 5.56 Å². The summed E-state index contributed by atoms with van der Waals surface area (Å²) in [5.74, 6) is 1.08. The average Bonchev–Trinajstić information content (AvgIpc) is 2.33. The van der Waals surface area contributed by atoms with Gasteiger partial charge in [-0.3, -0.25) is 0 Å². The van der Waals surface area contributed by atoms with Gasteiger partial charge in [0.2, 0.25) is 0 Å². The lowest BCUT2D eigenvalue weighted by molar-refractivity contribution is 0.437. The molecule has 0 radical (unpaired) electrons. The molecule has 0 amide bonds. The van der Waals surface area contributed by atoms with Crippen LogP contribution >= 0.6 is 23.4 Å². The predicted molar refractivity (Wildman–Crippen MR) is 83.5 cm³/mol. The van der Waals surface area contributed by atoms with Gasteiger partial charge in [-0.1, -0.05) is 30.7 Å². The second-order valence-electron chi connectivity index (χ2n) is 4.72. The number of halogens is 1. The Labute approximate surface area is 120 Å². The van der Waals surface area contributed by atoms with Gasteiger partial charge in [-0.2, -0.15) is 11.8 Å². The molecule has 0 saturated carbocycles. The minimum absolute atomic E-state index is 0.177. The lowest BCUT2D eigenvalue weighted by Gasteiger charge is -2.24. The van der Waals surface area contributed by atoms with Crippen molar-refractivity contribution in [3.63, 3.8) is 0 Å². The summed E-state index contributed by atoms with van der Waals surface area (Å²) in [4.78, 5) is 2.19. The molecule has 0 fully saturated rings. The summed E-state index contributed by atoms with van der Waals surface area (Å²) in [6, 6.07) is 8.23. The Morgan fingerprint density at radius 2 is 2.11 bits per heavy atom. The summed E-state index contributed by atoms with van der Waals surface area (Å²) < 4.78 is 0. The first-order valence-electron chi connectivity index (χ1n) is 6.32. The fourth-order valence-electron chi connectivity index (χ4n) is 1.73. The van der Waals surface area contributed by atoms with E-state index < -0.39 is 0 Å². The molecule has 0 aromatic heterocycles. The molecule has 0 spiro atoms. The zero-order valence-electron chi connectivity index (χ0n) is 11.4. The van der Waals surface area contributed by atoms with Crippen molar-refractivity contribution < 1.29 is 0 Å². The van der Waals surface area contributed by atoms with E-state index in [1.54, 1.807) is 0 Å². The Bertz CT molecular complexity index is 357. The van der Waals surface area contributed by atoms with Crippen molar-refractivity contribution in [2.24, 2.45) is 5.73 Å². The first-order valence-corrected chi connectivity index (χ1v) is 7.74. The number of nitrogens with zero attached hydrogens (tertiary/aromatic N) is 1. The molecule has 18 heavy (non-hydrogen) atoms. The SMILES string of the molecule is CCC(N)C(SCCN(C)C)c1cccc(Cl)c1. The zero-order valence-corrected chi connectivity index (χ0v) is 13.0. The van der Waals surface area contributed by atoms with Crippen molar-refractivity contribution in [3.05, 3.63) is 34.9 Å². The average molecular weight is 287 g/mol. The van der Waals surface area contributed by atoms with Crippen molar-refractivity contribution in [2.75, 3.05) is 26.4 Å². The minimum Gasteiger partial charge on any atom is -0.326 e. The van der Waals surface area contributed by atoms with Crippen LogP contribution in [0.2, 0.25) is 5.02 Å². The lowest BCUT2D eigenvalue weighted by atomic mass is 10.0. The second-order valence-corrected chi connectivity index (χ2v) is 6.41. The van der Waals surface area contributed by atoms with Crippen LogP contribution in [0.1, 0.15) is 24.2 Å². The summed E-state index contributed by atoms with van der Waals surface area (Å²) in [6.07, 6.45) is 0.978. The van der Waals surface area contributed by atoms with Crippen LogP contribution in [0.5, 0.6) is 0 Å². The Balaban J connectivity index is 2.72. The number of benzene rings is 1. The van der Waals surface area contributed by atoms with Crippen molar-refractivity contribution in [2.45, 2.75) is 24.6 Å². The highest BCUT2D eigenvalue weighted by atomic mass is 35.5. The van der Waals surface area contributed by atoms with Crippen LogP contribution in [0.4, 0.5) is 0 Å². The third-order valence-electron chi connectivity index (χ3n) is 2.87. The number of hydrogen-bond donors (Lipinski definition) is 1. The van der Waals surface area contributed by atoms with Gasteiger partial charge in [0.1, 0.15) is 0 Å². The van der Waals surface area contributed by atoms with Crippen LogP contribution in [-0.4, -0.2) is 37.3 Å². The first-order chi connectivity index (χ1) is 8.54. The van der Waals surface area contributed by atoms with Gasteiger partial charge >= 0.3 is 0 Å². The topological polar surface area (TPSA) is 29.3 Å². The van der Waals surface area contributed by atoms with Crippen molar-refractivity contribution >= 4 is 23.4 Å². The van der Waals surface area contributed by atoms with Gasteiger partial charge in [0.15, 0.2) is 0 Å². The standard InChI is InChI=1S/C14H23ClN2S/c1-4-13(16)14(18-9-8-17(2)3)11-6-5-7-12(15)10-11/h5-7,10,13-14H,4,8-9,16H2,1-3H3. The summed E-state index contributed by atoms with van der Waals surface area (Å²) in [5.41, 5.74) is 7.48. The fourth-order valence-corrected chi connectivity index (χ4v) is 3.43. The minimum atomic E-state index is 0.177. The molecule has 2 N–H and O–H groups in total. The Morgan fingerprint density at radius 3 is 2.67 bits per heavy atom. The highest BCUT2D eigenvalue weighted by molar-refractivity contribution is 7.99. The van der Waals surface area contributed by atoms with Gasteiger partial charge in [-0.15, -0.1) is 0 Å². The molecule has 0 saturated heterocycles. The summed E-state index contributed by atoms with van der Waals surface area (Å²) in [6.45, 7) is 3.20. The van der Waals surface area contributed by atoms with Crippen LogP contribution in [0.3, 0.4) is 0 Å². The van der Waals surface area contributed by atoms with Crippen molar-refractivity contribution in [3.8, 4) is 0 Å². The maximum Gasteiger partial charge on any atom is 0.0449 e. The summed E-state index contributed by atoms with van der Waals surface area (Å²) >= 11 is 7.98. The molecule has 1 aromatic carbocycles. The lowest BCUT2D eigenvalue weighted by Crippen LogP contribution is -2.27. The van der Waals surface area contributed by atoms with E-state index in [0.717, 1.165) is 23.7 Å². The molecule has 0 heterocycles. The quantitative estimate of drug-likeness (QED) is 0.833. The van der Waals surface area contributed by atoms with Crippen LogP contribution < -0.4 is 5.73 Å². The van der Waals surface area contributed by atoms with Gasteiger partial charge in [0.25, 0.3) is 0 Å². The van der Waals surface area contributed by atoms with Gasteiger partial charge in [-0.25, -0.2) is 0 Å². The highest BCUT2D eigenvalue weighted by Gasteiger charge is 2.19. The maximum atomic E-state index is 6.24. The Morgan fingerprint density at radius 1 is 1.39 bits per heavy atom. The van der Waals surface area contributed by atoms with Gasteiger partial charge in [0.05, 0.1) is 0 Å². The smallest absolute Gasteiger partial charge is 0.0449 e. The monoisotopic (exact) mass is 286 g/mol. The van der Waals surface area contributed by atoms with Gasteiger partial charge in [0, 0.05) is 28.6 Å². The van der Waals surface area contributed by atoms with Crippen LogP contribution in [0.25, 0.3) is 0 Å². The normalized spacial score (nSPS) is 14.8. The molecular weight excluding hydrogens is 264 g/mol. The number of nitrogens with two attached hydrogens (primary N) is 1. The van der Waals surface area contributed by atoms with E-state index in [2.05, 4.69) is 32.0 Å². The van der Waals surface area contributed by atoms with Crippen molar-refractivity contribution in [1.29, 1.82) is 0 Å². The molecule has 0 aliphatic heterocycles. The molecule has 0 aliphatic rings. The van der Waals surface area contributed by atoms with E-state index >= 15 is 0 Å². The predicted octanol–water partition coefficient (Wildman–Crippen LogP) is 3.41. The molecule has 102 valence electrons. The summed E-state index contributed by atoms with van der Waals surface area (Å²) in [5, 5.41) is 1.11. The van der Waals surface area contributed by atoms with E-state index in [0.29, 0.717) is 5.25 Å². The number of thioether (sulfide) groups is 1. The molecule has 1 rings (SSSR count). The van der Waals surface area contributed by atoms with E-state index in [4.69, 9.17) is 17.3 Å². The first kappa shape index (κ1) is 15.8. The Hall–Kier alpha value is -0.220. The molecule has 0 aliphatic carbocycles. The third kappa shape index (κ3) is 5.19. The maximum absolute atomic E-state index is 6.24. The molecule has 2 atom stereocenters. The third-order valence-corrected chi connectivity index (χ3v) is 4.51. The van der Waals surface area contributed by atoms with E-state index in [-0.39, 0.29) is 6.04 Å². The van der Waals surface area contributed by atoms with Gasteiger partial charge in [-0.05, 0) is 38.2 Å². The molecule has 4 heteroatoms. The second kappa shape index (κ2) is 8.05. The van der Waals surface area contributed by atoms with E-state index in [1.807, 2.05) is 30.0 Å². The largest absolute Gasteiger partial charge is 0.326 e. The molecule has 0 bridgehead atoms. The van der Waals surface area contributed by atoms with Crippen LogP contribution in [0, 0.1) is 0 Å². The van der Waals surface area contributed by atoms with E-state index in [9.17, 15) is 0 Å². The molecule has 2 nitrogen and oxygen atoms in total. The van der Waals surface area contributed by atoms with Crippen molar-refractivity contribution in [1.82, 2.24) is 4.90 Å². The number of hydrogen-bond acceptors (Lipinski definition) is 3.